The third-order valence-corrected chi connectivity index (χ3v) is 3.56. The minimum absolute atomic E-state index is 0.00841. The first kappa shape index (κ1) is 13.5. The molecule has 0 aromatic carbocycles. The molecule has 0 radical (unpaired) electrons. The number of ether oxygens (including phenoxy) is 1. The smallest absolute Gasteiger partial charge is 0.306 e. The number of carbonyl (C=O) groups is 1. The lowest BCUT2D eigenvalue weighted by Crippen LogP contribution is -2.30. The number of carbonyl (C=O) groups excluding carboxylic acids is 1. The molecule has 0 spiro atoms. The molecule has 0 N–H and O–H groups in total. The standard InChI is InChI=1S/C14H26O2/c1-3-4-5-6-7-8-9-13-12(2)10-11-14(15)16-13/h12-13H,3-11H2,1-2H3. The fraction of sp³-hybridized carbons (Fsp3) is 0.929. The van der Waals surface area contributed by atoms with Crippen LogP contribution in [-0.4, -0.2) is 12.1 Å². The van der Waals surface area contributed by atoms with Crippen molar-refractivity contribution in [3.63, 3.8) is 0 Å². The van der Waals surface area contributed by atoms with Crippen molar-refractivity contribution in [3.8, 4) is 0 Å². The van der Waals surface area contributed by atoms with Gasteiger partial charge in [-0.25, -0.2) is 0 Å². The zero-order valence-electron chi connectivity index (χ0n) is 10.8. The topological polar surface area (TPSA) is 26.3 Å². The second kappa shape index (κ2) is 7.70. The first-order chi connectivity index (χ1) is 7.74. The van der Waals surface area contributed by atoms with E-state index in [0.29, 0.717) is 12.3 Å². The third-order valence-electron chi connectivity index (χ3n) is 3.56. The molecule has 94 valence electrons. The van der Waals surface area contributed by atoms with Crippen LogP contribution in [0.2, 0.25) is 0 Å². The predicted octanol–water partition coefficient (Wildman–Crippen LogP) is 4.08. The molecule has 2 nitrogen and oxygen atoms in total. The second-order valence-corrected chi connectivity index (χ2v) is 5.10. The van der Waals surface area contributed by atoms with E-state index in [9.17, 15) is 4.79 Å². The van der Waals surface area contributed by atoms with Crippen LogP contribution in [0, 0.1) is 5.92 Å². The van der Waals surface area contributed by atoms with Gasteiger partial charge in [0, 0.05) is 6.42 Å². The van der Waals surface area contributed by atoms with Crippen molar-refractivity contribution in [2.75, 3.05) is 0 Å². The van der Waals surface area contributed by atoms with Gasteiger partial charge in [-0.05, 0) is 25.2 Å². The number of hydrogen-bond donors (Lipinski definition) is 0. The van der Waals surface area contributed by atoms with Gasteiger partial charge in [0.1, 0.15) is 6.10 Å². The van der Waals surface area contributed by atoms with Crippen LogP contribution in [0.4, 0.5) is 0 Å². The molecule has 1 heterocycles. The van der Waals surface area contributed by atoms with E-state index < -0.39 is 0 Å². The maximum Gasteiger partial charge on any atom is 0.306 e. The molecule has 2 unspecified atom stereocenters. The molecule has 0 bridgehead atoms. The molecule has 0 aliphatic carbocycles. The fourth-order valence-corrected chi connectivity index (χ4v) is 2.34. The normalized spacial score (nSPS) is 25.5. The molecule has 2 heteroatoms. The van der Waals surface area contributed by atoms with Crippen LogP contribution in [-0.2, 0) is 9.53 Å². The van der Waals surface area contributed by atoms with Gasteiger partial charge in [0.25, 0.3) is 0 Å². The number of cyclic esters (lactones) is 1. The summed E-state index contributed by atoms with van der Waals surface area (Å²) in [4.78, 5) is 11.2. The van der Waals surface area contributed by atoms with Gasteiger partial charge in [0.2, 0.25) is 0 Å². The van der Waals surface area contributed by atoms with Gasteiger partial charge in [0.05, 0.1) is 0 Å². The van der Waals surface area contributed by atoms with E-state index in [1.54, 1.807) is 0 Å². The Morgan fingerprint density at radius 1 is 1.19 bits per heavy atom. The van der Waals surface area contributed by atoms with E-state index >= 15 is 0 Å². The Kier molecular flexibility index (Phi) is 6.51. The number of unbranched alkanes of at least 4 members (excludes halogenated alkanes) is 5. The Morgan fingerprint density at radius 2 is 1.88 bits per heavy atom. The predicted molar refractivity (Wildman–Crippen MR) is 66.3 cm³/mol. The van der Waals surface area contributed by atoms with Crippen LogP contribution in [0.3, 0.4) is 0 Å². The summed E-state index contributed by atoms with van der Waals surface area (Å²) in [5, 5.41) is 0. The average molecular weight is 226 g/mol. The highest BCUT2D eigenvalue weighted by Crippen LogP contribution is 2.25. The summed E-state index contributed by atoms with van der Waals surface area (Å²) in [6.45, 7) is 4.44. The first-order valence-corrected chi connectivity index (χ1v) is 6.93. The summed E-state index contributed by atoms with van der Waals surface area (Å²) in [6.07, 6.45) is 10.8. The molecule has 16 heavy (non-hydrogen) atoms. The van der Waals surface area contributed by atoms with E-state index in [-0.39, 0.29) is 12.1 Å². The van der Waals surface area contributed by atoms with Crippen molar-refractivity contribution in [3.05, 3.63) is 0 Å². The van der Waals surface area contributed by atoms with Crippen LogP contribution < -0.4 is 0 Å². The number of esters is 1. The Labute approximate surface area is 99.8 Å². The van der Waals surface area contributed by atoms with Crippen LogP contribution in [0.1, 0.15) is 71.6 Å². The molecule has 0 aromatic rings. The zero-order valence-corrected chi connectivity index (χ0v) is 10.8. The highest BCUT2D eigenvalue weighted by molar-refractivity contribution is 5.70. The molecule has 0 aromatic heterocycles. The molecule has 1 rings (SSSR count). The lowest BCUT2D eigenvalue weighted by Gasteiger charge is -2.28. The Hall–Kier alpha value is -0.530. The lowest BCUT2D eigenvalue weighted by atomic mass is 9.92. The van der Waals surface area contributed by atoms with Gasteiger partial charge in [-0.15, -0.1) is 0 Å². The van der Waals surface area contributed by atoms with Crippen LogP contribution in [0.15, 0.2) is 0 Å². The minimum atomic E-state index is 0.00841. The Morgan fingerprint density at radius 3 is 2.62 bits per heavy atom. The maximum atomic E-state index is 11.2. The summed E-state index contributed by atoms with van der Waals surface area (Å²) in [7, 11) is 0. The van der Waals surface area contributed by atoms with Crippen molar-refractivity contribution in [1.29, 1.82) is 0 Å². The molecule has 1 saturated heterocycles. The Balaban J connectivity index is 2.04. The van der Waals surface area contributed by atoms with Crippen LogP contribution in [0.5, 0.6) is 0 Å². The van der Waals surface area contributed by atoms with Crippen molar-refractivity contribution < 1.29 is 9.53 Å². The molecular weight excluding hydrogens is 200 g/mol. The van der Waals surface area contributed by atoms with Crippen LogP contribution in [0.25, 0.3) is 0 Å². The van der Waals surface area contributed by atoms with E-state index in [1.807, 2.05) is 0 Å². The minimum Gasteiger partial charge on any atom is -0.462 e. The molecule has 2 atom stereocenters. The first-order valence-electron chi connectivity index (χ1n) is 6.93. The molecular formula is C14H26O2. The van der Waals surface area contributed by atoms with Crippen molar-refractivity contribution >= 4 is 5.97 Å². The summed E-state index contributed by atoms with van der Waals surface area (Å²) < 4.78 is 5.39. The van der Waals surface area contributed by atoms with E-state index in [0.717, 1.165) is 12.8 Å². The highest BCUT2D eigenvalue weighted by atomic mass is 16.5. The second-order valence-electron chi connectivity index (χ2n) is 5.10. The molecule has 1 aliphatic heterocycles. The van der Waals surface area contributed by atoms with Crippen molar-refractivity contribution in [2.24, 2.45) is 5.92 Å². The van der Waals surface area contributed by atoms with Gasteiger partial charge in [-0.3, -0.25) is 4.79 Å². The Bertz CT molecular complexity index is 201. The van der Waals surface area contributed by atoms with Crippen LogP contribution >= 0.6 is 0 Å². The zero-order chi connectivity index (χ0) is 11.8. The van der Waals surface area contributed by atoms with E-state index in [1.165, 1.54) is 38.5 Å². The fourth-order valence-electron chi connectivity index (χ4n) is 2.34. The summed E-state index contributed by atoms with van der Waals surface area (Å²) in [5.41, 5.74) is 0. The average Bonchev–Trinajstić information content (AvgIpc) is 2.28. The summed E-state index contributed by atoms with van der Waals surface area (Å²) in [6, 6.07) is 0. The SMILES string of the molecule is CCCCCCCCC1OC(=O)CCC1C. The van der Waals surface area contributed by atoms with Gasteiger partial charge >= 0.3 is 5.97 Å². The van der Waals surface area contributed by atoms with E-state index in [2.05, 4.69) is 13.8 Å². The van der Waals surface area contributed by atoms with Gasteiger partial charge in [-0.1, -0.05) is 46.0 Å². The maximum absolute atomic E-state index is 11.2. The highest BCUT2D eigenvalue weighted by Gasteiger charge is 2.26. The third kappa shape index (κ3) is 5.00. The number of rotatable bonds is 7. The van der Waals surface area contributed by atoms with Gasteiger partial charge in [-0.2, -0.15) is 0 Å². The van der Waals surface area contributed by atoms with Gasteiger partial charge in [0.15, 0.2) is 0 Å². The monoisotopic (exact) mass is 226 g/mol. The molecule has 0 amide bonds. The number of hydrogen-bond acceptors (Lipinski definition) is 2. The summed E-state index contributed by atoms with van der Waals surface area (Å²) in [5.74, 6) is 0.572. The molecule has 0 saturated carbocycles. The van der Waals surface area contributed by atoms with Crippen molar-refractivity contribution in [1.82, 2.24) is 0 Å². The molecule has 1 aliphatic rings. The summed E-state index contributed by atoms with van der Waals surface area (Å²) >= 11 is 0. The van der Waals surface area contributed by atoms with E-state index in [4.69, 9.17) is 4.74 Å². The lowest BCUT2D eigenvalue weighted by molar-refractivity contribution is -0.158. The largest absolute Gasteiger partial charge is 0.462 e. The molecule has 1 fully saturated rings. The quantitative estimate of drug-likeness (QED) is 0.483. The van der Waals surface area contributed by atoms with Crippen molar-refractivity contribution in [2.45, 2.75) is 77.7 Å². The van der Waals surface area contributed by atoms with Gasteiger partial charge < -0.3 is 4.74 Å².